The van der Waals surface area contributed by atoms with Crippen LogP contribution in [0.3, 0.4) is 0 Å². The number of rotatable bonds is 7. The highest BCUT2D eigenvalue weighted by molar-refractivity contribution is 5.99. The molecule has 0 radical (unpaired) electrons. The van der Waals surface area contributed by atoms with E-state index in [1.807, 2.05) is 12.1 Å². The van der Waals surface area contributed by atoms with E-state index in [0.29, 0.717) is 17.0 Å². The molecule has 2 aliphatic carbocycles. The summed E-state index contributed by atoms with van der Waals surface area (Å²) in [5, 5.41) is 12.5. The highest BCUT2D eigenvalue weighted by atomic mass is 16.3. The molecule has 0 aromatic heterocycles. The average molecular weight is 398 g/mol. The van der Waals surface area contributed by atoms with Crippen LogP contribution in [0.5, 0.6) is 5.75 Å². The fourth-order valence-corrected chi connectivity index (χ4v) is 6.17. The predicted octanol–water partition coefficient (Wildman–Crippen LogP) is 6.94. The lowest BCUT2D eigenvalue weighted by atomic mass is 9.60. The number of carbonyl (C=O) groups is 1. The normalized spacial score (nSPS) is 29.1. The van der Waals surface area contributed by atoms with Crippen molar-refractivity contribution in [2.75, 3.05) is 5.32 Å². The number of hydrogen-bond donors (Lipinski definition) is 2. The predicted molar refractivity (Wildman–Crippen MR) is 121 cm³/mol. The number of benzene rings is 1. The molecule has 3 nitrogen and oxygen atoms in total. The van der Waals surface area contributed by atoms with Crippen LogP contribution in [0.25, 0.3) is 0 Å². The molecule has 0 spiro atoms. The van der Waals surface area contributed by atoms with Gasteiger partial charge in [-0.2, -0.15) is 0 Å². The van der Waals surface area contributed by atoms with Gasteiger partial charge in [-0.3, -0.25) is 4.79 Å². The topological polar surface area (TPSA) is 49.3 Å². The van der Waals surface area contributed by atoms with Crippen LogP contribution in [0.1, 0.15) is 79.1 Å². The first-order valence-electron chi connectivity index (χ1n) is 11.6. The summed E-state index contributed by atoms with van der Waals surface area (Å²) in [5.41, 5.74) is 2.33. The molecule has 3 heteroatoms. The van der Waals surface area contributed by atoms with E-state index >= 15 is 0 Å². The summed E-state index contributed by atoms with van der Waals surface area (Å²) < 4.78 is 0. The summed E-state index contributed by atoms with van der Waals surface area (Å²) in [6.45, 7) is 9.59. The van der Waals surface area contributed by atoms with Crippen LogP contribution in [0.2, 0.25) is 0 Å². The molecule has 1 aromatic carbocycles. The summed E-state index contributed by atoms with van der Waals surface area (Å²) in [6.07, 6.45) is 11.9. The molecule has 2 saturated carbocycles. The van der Waals surface area contributed by atoms with Gasteiger partial charge in [0.2, 0.25) is 5.91 Å². The first-order chi connectivity index (χ1) is 13.8. The Kier molecular flexibility index (Phi) is 7.08. The Morgan fingerprint density at radius 1 is 1.28 bits per heavy atom. The van der Waals surface area contributed by atoms with Crippen LogP contribution >= 0.6 is 0 Å². The van der Waals surface area contributed by atoms with Gasteiger partial charge in [-0.1, -0.05) is 58.6 Å². The molecule has 1 amide bonds. The number of amides is 1. The molecule has 3 rings (SSSR count). The van der Waals surface area contributed by atoms with Crippen molar-refractivity contribution in [2.24, 2.45) is 29.1 Å². The highest BCUT2D eigenvalue weighted by Crippen LogP contribution is 2.59. The zero-order valence-electron chi connectivity index (χ0n) is 18.7. The number of aromatic hydroxyl groups is 1. The van der Waals surface area contributed by atoms with E-state index in [0.717, 1.165) is 24.2 Å². The quantitative estimate of drug-likeness (QED) is 0.490. The summed E-state index contributed by atoms with van der Waals surface area (Å²) in [7, 11) is 0. The van der Waals surface area contributed by atoms with Crippen molar-refractivity contribution in [3.63, 3.8) is 0 Å². The number of phenolic OH excluding ortho intramolecular Hbond substituents is 1. The molecule has 2 fully saturated rings. The second-order valence-electron chi connectivity index (χ2n) is 10.2. The molecular formula is C26H39NO2. The van der Waals surface area contributed by atoms with Gasteiger partial charge < -0.3 is 10.4 Å². The maximum atomic E-state index is 12.6. The van der Waals surface area contributed by atoms with Crippen LogP contribution < -0.4 is 5.32 Å². The second-order valence-corrected chi connectivity index (χ2v) is 10.2. The standard InChI is InChI=1S/C26H39NO2/c1-18(2)8-5-9-19(3)23-13-14-24-20(10-7-15-26(23,24)4)16-25(29)27-21-11-6-12-22(28)17-21/h6,11-12,16-19,23-24,28H,5,7-10,13-15H2,1-4H3,(H,27,29)/b20-16+/t19-,23-,24+,26-/m1/s1. The number of allylic oxidation sites excluding steroid dienone is 1. The Morgan fingerprint density at radius 3 is 2.79 bits per heavy atom. The van der Waals surface area contributed by atoms with Crippen LogP contribution in [-0.4, -0.2) is 11.0 Å². The molecule has 2 N–H and O–H groups in total. The van der Waals surface area contributed by atoms with Crippen molar-refractivity contribution in [2.45, 2.75) is 79.1 Å². The lowest BCUT2D eigenvalue weighted by molar-refractivity contribution is -0.112. The van der Waals surface area contributed by atoms with E-state index < -0.39 is 0 Å². The molecule has 29 heavy (non-hydrogen) atoms. The van der Waals surface area contributed by atoms with Crippen molar-refractivity contribution in [3.05, 3.63) is 35.9 Å². The zero-order chi connectivity index (χ0) is 21.0. The molecule has 0 saturated heterocycles. The number of anilines is 1. The molecular weight excluding hydrogens is 358 g/mol. The first-order valence-corrected chi connectivity index (χ1v) is 11.6. The largest absolute Gasteiger partial charge is 0.508 e. The second kappa shape index (κ2) is 9.36. The van der Waals surface area contributed by atoms with Gasteiger partial charge in [-0.25, -0.2) is 0 Å². The van der Waals surface area contributed by atoms with E-state index in [-0.39, 0.29) is 11.7 Å². The number of hydrogen-bond acceptors (Lipinski definition) is 2. The Morgan fingerprint density at radius 2 is 2.07 bits per heavy atom. The highest BCUT2D eigenvalue weighted by Gasteiger charge is 2.50. The SMILES string of the molecule is CC(C)CCC[C@@H](C)[C@H]1CC[C@H]2/C(=C/C(=O)Nc3cccc(O)c3)CCC[C@]12C. The monoisotopic (exact) mass is 397 g/mol. The summed E-state index contributed by atoms with van der Waals surface area (Å²) in [5.74, 6) is 2.99. The van der Waals surface area contributed by atoms with Gasteiger partial charge >= 0.3 is 0 Å². The lowest BCUT2D eigenvalue weighted by Gasteiger charge is -2.44. The molecule has 0 unspecified atom stereocenters. The number of carbonyl (C=O) groups excluding carboxylic acids is 1. The fraction of sp³-hybridized carbons (Fsp3) is 0.654. The molecule has 1 aromatic rings. The molecule has 0 aliphatic heterocycles. The molecule has 0 bridgehead atoms. The fourth-order valence-electron chi connectivity index (χ4n) is 6.17. The van der Waals surface area contributed by atoms with E-state index in [9.17, 15) is 9.90 Å². The maximum absolute atomic E-state index is 12.6. The van der Waals surface area contributed by atoms with Gasteiger partial charge in [-0.15, -0.1) is 0 Å². The van der Waals surface area contributed by atoms with Gasteiger partial charge in [-0.05, 0) is 73.3 Å². The Bertz CT molecular complexity index is 738. The van der Waals surface area contributed by atoms with Gasteiger partial charge in [0.05, 0.1) is 0 Å². The van der Waals surface area contributed by atoms with E-state index in [4.69, 9.17) is 0 Å². The third kappa shape index (κ3) is 5.24. The van der Waals surface area contributed by atoms with E-state index in [1.165, 1.54) is 50.5 Å². The van der Waals surface area contributed by atoms with E-state index in [2.05, 4.69) is 33.0 Å². The van der Waals surface area contributed by atoms with Gasteiger partial charge in [0, 0.05) is 17.8 Å². The van der Waals surface area contributed by atoms with Crippen molar-refractivity contribution >= 4 is 11.6 Å². The first kappa shape index (κ1) is 21.9. The average Bonchev–Trinajstić information content (AvgIpc) is 2.99. The van der Waals surface area contributed by atoms with Crippen molar-refractivity contribution in [3.8, 4) is 5.75 Å². The minimum absolute atomic E-state index is 0.0664. The summed E-state index contributed by atoms with van der Waals surface area (Å²) in [4.78, 5) is 12.6. The van der Waals surface area contributed by atoms with Crippen LogP contribution in [0.4, 0.5) is 5.69 Å². The van der Waals surface area contributed by atoms with Gasteiger partial charge in [0.15, 0.2) is 0 Å². The minimum Gasteiger partial charge on any atom is -0.508 e. The minimum atomic E-state index is -0.0664. The summed E-state index contributed by atoms with van der Waals surface area (Å²) in [6, 6.07) is 6.76. The van der Waals surface area contributed by atoms with Gasteiger partial charge in [0.25, 0.3) is 0 Å². The Labute approximate surface area is 177 Å². The Balaban J connectivity index is 1.67. The maximum Gasteiger partial charge on any atom is 0.248 e. The Hall–Kier alpha value is -1.77. The molecule has 160 valence electrons. The summed E-state index contributed by atoms with van der Waals surface area (Å²) >= 11 is 0. The zero-order valence-corrected chi connectivity index (χ0v) is 18.7. The molecule has 0 heterocycles. The van der Waals surface area contributed by atoms with Crippen molar-refractivity contribution < 1.29 is 9.90 Å². The third-order valence-corrected chi connectivity index (χ3v) is 7.60. The van der Waals surface area contributed by atoms with Crippen LogP contribution in [-0.2, 0) is 4.79 Å². The van der Waals surface area contributed by atoms with Crippen molar-refractivity contribution in [1.82, 2.24) is 0 Å². The third-order valence-electron chi connectivity index (χ3n) is 7.60. The molecule has 2 aliphatic rings. The lowest BCUT2D eigenvalue weighted by Crippen LogP contribution is -2.36. The van der Waals surface area contributed by atoms with E-state index in [1.54, 1.807) is 18.2 Å². The van der Waals surface area contributed by atoms with Gasteiger partial charge in [0.1, 0.15) is 5.75 Å². The van der Waals surface area contributed by atoms with Crippen molar-refractivity contribution in [1.29, 1.82) is 0 Å². The molecule has 4 atom stereocenters. The number of fused-ring (bicyclic) bond motifs is 1. The number of phenols is 1. The van der Waals surface area contributed by atoms with Crippen LogP contribution in [0, 0.1) is 29.1 Å². The number of nitrogens with one attached hydrogen (secondary N) is 1. The smallest absolute Gasteiger partial charge is 0.248 e. The van der Waals surface area contributed by atoms with Crippen LogP contribution in [0.15, 0.2) is 35.9 Å².